The Morgan fingerprint density at radius 1 is 1.04 bits per heavy atom. The van der Waals surface area contributed by atoms with Crippen LogP contribution in [0.4, 0.5) is 21.8 Å². The van der Waals surface area contributed by atoms with Crippen molar-refractivity contribution in [2.75, 3.05) is 17.2 Å². The maximum absolute atomic E-state index is 13.8. The molecule has 0 atom stereocenters. The minimum absolute atomic E-state index is 0.332. The Morgan fingerprint density at radius 2 is 1.83 bits per heavy atom. The van der Waals surface area contributed by atoms with E-state index < -0.39 is 0 Å². The summed E-state index contributed by atoms with van der Waals surface area (Å²) in [6.07, 6.45) is 3.41. The Bertz CT molecular complexity index is 792. The zero-order valence-electron chi connectivity index (χ0n) is 12.6. The minimum Gasteiger partial charge on any atom is -0.354 e. The number of nitrogens with one attached hydrogen (secondary N) is 2. The van der Waals surface area contributed by atoms with Crippen LogP contribution in [0.2, 0.25) is 0 Å². The molecule has 2 heterocycles. The van der Waals surface area contributed by atoms with E-state index >= 15 is 0 Å². The molecule has 0 fully saturated rings. The second-order valence-electron chi connectivity index (χ2n) is 4.83. The maximum atomic E-state index is 13.8. The highest BCUT2D eigenvalue weighted by Crippen LogP contribution is 2.24. The Kier molecular flexibility index (Phi) is 4.42. The predicted molar refractivity (Wildman–Crippen MR) is 89.1 cm³/mol. The van der Waals surface area contributed by atoms with Crippen LogP contribution in [-0.2, 0) is 0 Å². The molecule has 116 valence electrons. The molecule has 0 aliphatic carbocycles. The van der Waals surface area contributed by atoms with E-state index in [4.69, 9.17) is 0 Å². The number of rotatable bonds is 5. The molecule has 0 aliphatic rings. The quantitative estimate of drug-likeness (QED) is 0.749. The number of anilines is 3. The number of halogens is 1. The standard InChI is InChI=1S/C17H16FN5/c1-2-20-17-22-15(12-7-9-19-10-8-12)11-16(23-17)21-14-6-4-3-5-13(14)18/h3-11H,2H2,1H3,(H2,20,21,22,23). The molecule has 0 bridgehead atoms. The highest BCUT2D eigenvalue weighted by atomic mass is 19.1. The zero-order chi connectivity index (χ0) is 16.1. The lowest BCUT2D eigenvalue weighted by molar-refractivity contribution is 0.632. The number of aromatic nitrogens is 3. The van der Waals surface area contributed by atoms with E-state index in [1.54, 1.807) is 36.7 Å². The van der Waals surface area contributed by atoms with Crippen LogP contribution in [-0.4, -0.2) is 21.5 Å². The van der Waals surface area contributed by atoms with Gasteiger partial charge in [0.2, 0.25) is 5.95 Å². The van der Waals surface area contributed by atoms with Crippen LogP contribution >= 0.6 is 0 Å². The van der Waals surface area contributed by atoms with Gasteiger partial charge in [-0.2, -0.15) is 4.98 Å². The summed E-state index contributed by atoms with van der Waals surface area (Å²) in [5.74, 6) is 0.676. The first-order chi connectivity index (χ1) is 11.3. The van der Waals surface area contributed by atoms with Crippen molar-refractivity contribution in [3.63, 3.8) is 0 Å². The maximum Gasteiger partial charge on any atom is 0.225 e. The average Bonchev–Trinajstić information content (AvgIpc) is 2.58. The molecular formula is C17H16FN5. The minimum atomic E-state index is -0.332. The van der Waals surface area contributed by atoms with E-state index in [0.29, 0.717) is 24.0 Å². The number of hydrogen-bond acceptors (Lipinski definition) is 5. The van der Waals surface area contributed by atoms with Crippen LogP contribution in [0.15, 0.2) is 54.9 Å². The van der Waals surface area contributed by atoms with Crippen molar-refractivity contribution in [2.45, 2.75) is 6.92 Å². The topological polar surface area (TPSA) is 62.7 Å². The van der Waals surface area contributed by atoms with Crippen LogP contribution in [0.1, 0.15) is 6.92 Å². The molecule has 2 aromatic heterocycles. The van der Waals surface area contributed by atoms with Gasteiger partial charge in [0.15, 0.2) is 0 Å². The van der Waals surface area contributed by atoms with E-state index in [1.165, 1.54) is 6.07 Å². The SMILES string of the molecule is CCNc1nc(Nc2ccccc2F)cc(-c2ccncc2)n1. The molecule has 2 N–H and O–H groups in total. The summed E-state index contributed by atoms with van der Waals surface area (Å²) in [7, 11) is 0. The van der Waals surface area contributed by atoms with Gasteiger partial charge in [0.1, 0.15) is 11.6 Å². The summed E-state index contributed by atoms with van der Waals surface area (Å²) in [6.45, 7) is 2.66. The molecule has 3 rings (SSSR count). The van der Waals surface area contributed by atoms with Crippen molar-refractivity contribution in [3.8, 4) is 11.3 Å². The van der Waals surface area contributed by atoms with Crippen molar-refractivity contribution >= 4 is 17.5 Å². The smallest absolute Gasteiger partial charge is 0.225 e. The van der Waals surface area contributed by atoms with E-state index in [2.05, 4.69) is 25.6 Å². The molecule has 0 spiro atoms. The van der Waals surface area contributed by atoms with Gasteiger partial charge in [0, 0.05) is 30.6 Å². The van der Waals surface area contributed by atoms with Gasteiger partial charge in [-0.3, -0.25) is 4.98 Å². The number of hydrogen-bond donors (Lipinski definition) is 2. The van der Waals surface area contributed by atoms with Crippen LogP contribution in [0.25, 0.3) is 11.3 Å². The number of para-hydroxylation sites is 1. The molecule has 0 amide bonds. The predicted octanol–water partition coefficient (Wildman–Crippen LogP) is 3.85. The second-order valence-corrected chi connectivity index (χ2v) is 4.83. The third-order valence-electron chi connectivity index (χ3n) is 3.17. The van der Waals surface area contributed by atoms with E-state index in [0.717, 1.165) is 11.3 Å². The molecule has 0 saturated carbocycles. The number of benzene rings is 1. The van der Waals surface area contributed by atoms with E-state index in [9.17, 15) is 4.39 Å². The van der Waals surface area contributed by atoms with Crippen LogP contribution in [0.5, 0.6) is 0 Å². The first-order valence-corrected chi connectivity index (χ1v) is 7.31. The number of nitrogens with zero attached hydrogens (tertiary/aromatic N) is 3. The molecule has 0 aliphatic heterocycles. The largest absolute Gasteiger partial charge is 0.354 e. The molecule has 6 heteroatoms. The molecule has 23 heavy (non-hydrogen) atoms. The van der Waals surface area contributed by atoms with E-state index in [1.807, 2.05) is 19.1 Å². The lowest BCUT2D eigenvalue weighted by atomic mass is 10.2. The third kappa shape index (κ3) is 3.60. The van der Waals surface area contributed by atoms with Gasteiger partial charge in [-0.15, -0.1) is 0 Å². The van der Waals surface area contributed by atoms with Crippen molar-refractivity contribution < 1.29 is 4.39 Å². The summed E-state index contributed by atoms with van der Waals surface area (Å²) in [5.41, 5.74) is 2.02. The van der Waals surface area contributed by atoms with E-state index in [-0.39, 0.29) is 5.82 Å². The van der Waals surface area contributed by atoms with Crippen molar-refractivity contribution in [3.05, 3.63) is 60.7 Å². The first-order valence-electron chi connectivity index (χ1n) is 7.31. The third-order valence-corrected chi connectivity index (χ3v) is 3.17. The molecule has 0 saturated heterocycles. The van der Waals surface area contributed by atoms with Gasteiger partial charge in [0.25, 0.3) is 0 Å². The Balaban J connectivity index is 1.99. The molecular weight excluding hydrogens is 293 g/mol. The summed E-state index contributed by atoms with van der Waals surface area (Å²) >= 11 is 0. The fraction of sp³-hybridized carbons (Fsp3) is 0.118. The summed E-state index contributed by atoms with van der Waals surface area (Å²) < 4.78 is 13.8. The highest BCUT2D eigenvalue weighted by Gasteiger charge is 2.08. The summed E-state index contributed by atoms with van der Waals surface area (Å²) in [5, 5.41) is 6.09. The summed E-state index contributed by atoms with van der Waals surface area (Å²) in [4.78, 5) is 12.9. The Hall–Kier alpha value is -3.02. The zero-order valence-corrected chi connectivity index (χ0v) is 12.6. The van der Waals surface area contributed by atoms with Gasteiger partial charge in [0.05, 0.1) is 11.4 Å². The van der Waals surface area contributed by atoms with Crippen LogP contribution in [0, 0.1) is 5.82 Å². The van der Waals surface area contributed by atoms with Crippen LogP contribution < -0.4 is 10.6 Å². The molecule has 1 aromatic carbocycles. The Morgan fingerprint density at radius 3 is 2.57 bits per heavy atom. The monoisotopic (exact) mass is 309 g/mol. The molecule has 0 radical (unpaired) electrons. The lowest BCUT2D eigenvalue weighted by Gasteiger charge is -2.11. The van der Waals surface area contributed by atoms with Crippen molar-refractivity contribution in [2.24, 2.45) is 0 Å². The second kappa shape index (κ2) is 6.83. The van der Waals surface area contributed by atoms with Gasteiger partial charge in [-0.1, -0.05) is 12.1 Å². The fourth-order valence-electron chi connectivity index (χ4n) is 2.12. The average molecular weight is 309 g/mol. The Labute approximate surface area is 133 Å². The fourth-order valence-corrected chi connectivity index (χ4v) is 2.12. The van der Waals surface area contributed by atoms with Crippen molar-refractivity contribution in [1.82, 2.24) is 15.0 Å². The molecule has 5 nitrogen and oxygen atoms in total. The van der Waals surface area contributed by atoms with Gasteiger partial charge >= 0.3 is 0 Å². The number of pyridine rings is 1. The van der Waals surface area contributed by atoms with Gasteiger partial charge in [-0.05, 0) is 31.2 Å². The van der Waals surface area contributed by atoms with Gasteiger partial charge in [-0.25, -0.2) is 9.37 Å². The summed E-state index contributed by atoms with van der Waals surface area (Å²) in [6, 6.07) is 12.0. The normalized spacial score (nSPS) is 10.3. The molecule has 3 aromatic rings. The van der Waals surface area contributed by atoms with Crippen molar-refractivity contribution in [1.29, 1.82) is 0 Å². The highest BCUT2D eigenvalue weighted by molar-refractivity contribution is 5.67. The molecule has 0 unspecified atom stereocenters. The van der Waals surface area contributed by atoms with Crippen LogP contribution in [0.3, 0.4) is 0 Å². The lowest BCUT2D eigenvalue weighted by Crippen LogP contribution is -2.05. The van der Waals surface area contributed by atoms with Gasteiger partial charge < -0.3 is 10.6 Å². The first kappa shape index (κ1) is 14.9.